The average Bonchev–Trinajstić information content (AvgIpc) is 3.58. The zero-order valence-corrected chi connectivity index (χ0v) is 32.3. The van der Waals surface area contributed by atoms with Crippen LogP contribution in [0.3, 0.4) is 0 Å². The molecule has 2 heterocycles. The monoisotopic (exact) mass is 666 g/mol. The van der Waals surface area contributed by atoms with Crippen molar-refractivity contribution in [3.8, 4) is 0 Å². The smallest absolute Gasteiger partial charge is 0.170 e. The average molecular weight is 666 g/mol. The van der Waals surface area contributed by atoms with E-state index in [2.05, 4.69) is 74.4 Å². The summed E-state index contributed by atoms with van der Waals surface area (Å²) in [6, 6.07) is 0. The van der Waals surface area contributed by atoms with E-state index in [1.54, 1.807) is 0 Å². The van der Waals surface area contributed by atoms with Crippen molar-refractivity contribution in [1.29, 1.82) is 0 Å². The van der Waals surface area contributed by atoms with E-state index in [0.717, 1.165) is 38.8 Å². The summed E-state index contributed by atoms with van der Waals surface area (Å²) in [5.41, 5.74) is 0.467. The molecule has 1 saturated carbocycles. The second-order valence-electron chi connectivity index (χ2n) is 16.0. The highest BCUT2D eigenvalue weighted by molar-refractivity contribution is 5.06. The minimum Gasteiger partial charge on any atom is -0.343 e. The van der Waals surface area contributed by atoms with Gasteiger partial charge in [-0.1, -0.05) is 152 Å². The van der Waals surface area contributed by atoms with E-state index in [1.165, 1.54) is 154 Å². The van der Waals surface area contributed by atoms with Crippen LogP contribution in [-0.2, 0) is 9.47 Å². The third-order valence-corrected chi connectivity index (χ3v) is 11.2. The molecule has 0 aromatic rings. The molecule has 3 fully saturated rings. The molecule has 1 aliphatic carbocycles. The number of rotatable bonds is 30. The Morgan fingerprint density at radius 1 is 0.479 bits per heavy atom. The minimum absolute atomic E-state index is 0.243. The van der Waals surface area contributed by atoms with E-state index in [9.17, 15) is 0 Å². The summed E-state index contributed by atoms with van der Waals surface area (Å²) in [7, 11) is 2.19. The molecular formula is C45H79NO2. The van der Waals surface area contributed by atoms with Crippen LogP contribution in [0, 0.1) is 5.41 Å². The highest BCUT2D eigenvalue weighted by Gasteiger charge is 2.62. The summed E-state index contributed by atoms with van der Waals surface area (Å²) in [4.78, 5) is 2.36. The van der Waals surface area contributed by atoms with Gasteiger partial charge < -0.3 is 14.4 Å². The Labute approximate surface area is 299 Å². The maximum absolute atomic E-state index is 6.62. The SMILES string of the molecule is CCCCCC=CCC=CCCCCCCCCC1(CCCCCCCCC=CCC=CCCCCC)CC2(C1)O[C@H]1CN(C)C[C@@H]1O2. The van der Waals surface area contributed by atoms with E-state index < -0.39 is 0 Å². The summed E-state index contributed by atoms with van der Waals surface area (Å²) in [6.07, 6.45) is 56.5. The van der Waals surface area contributed by atoms with Crippen LogP contribution in [0.5, 0.6) is 0 Å². The molecular weight excluding hydrogens is 587 g/mol. The Kier molecular flexibility index (Phi) is 22.1. The summed E-state index contributed by atoms with van der Waals surface area (Å²) < 4.78 is 13.2. The molecule has 2 atom stereocenters. The first kappa shape index (κ1) is 41.3. The first-order valence-electron chi connectivity index (χ1n) is 21.2. The van der Waals surface area contributed by atoms with Crippen LogP contribution in [-0.4, -0.2) is 43.0 Å². The number of hydrogen-bond acceptors (Lipinski definition) is 3. The topological polar surface area (TPSA) is 21.7 Å². The van der Waals surface area contributed by atoms with Gasteiger partial charge in [-0.2, -0.15) is 0 Å². The molecule has 0 aromatic heterocycles. The maximum Gasteiger partial charge on any atom is 0.170 e. The third-order valence-electron chi connectivity index (χ3n) is 11.2. The minimum atomic E-state index is -0.243. The fraction of sp³-hybridized carbons (Fsp3) is 0.822. The third kappa shape index (κ3) is 17.2. The molecule has 276 valence electrons. The van der Waals surface area contributed by atoms with Gasteiger partial charge in [0.2, 0.25) is 0 Å². The molecule has 3 aliphatic rings. The van der Waals surface area contributed by atoms with Gasteiger partial charge in [-0.15, -0.1) is 0 Å². The Morgan fingerprint density at radius 2 is 0.833 bits per heavy atom. The second-order valence-corrected chi connectivity index (χ2v) is 16.0. The molecule has 2 aliphatic heterocycles. The molecule has 1 spiro atoms. The lowest BCUT2D eigenvalue weighted by Crippen LogP contribution is -2.54. The van der Waals surface area contributed by atoms with E-state index in [0.29, 0.717) is 17.6 Å². The number of likely N-dealkylation sites (tertiary alicyclic amines) is 1. The molecule has 0 amide bonds. The van der Waals surface area contributed by atoms with Crippen LogP contribution >= 0.6 is 0 Å². The van der Waals surface area contributed by atoms with Gasteiger partial charge in [0.25, 0.3) is 0 Å². The van der Waals surface area contributed by atoms with Gasteiger partial charge in [0.05, 0.1) is 0 Å². The van der Waals surface area contributed by atoms with Gasteiger partial charge >= 0.3 is 0 Å². The number of allylic oxidation sites excluding steroid dienone is 8. The number of fused-ring (bicyclic) bond motifs is 1. The summed E-state index contributed by atoms with van der Waals surface area (Å²) >= 11 is 0. The summed E-state index contributed by atoms with van der Waals surface area (Å²) in [6.45, 7) is 6.63. The Morgan fingerprint density at radius 3 is 1.23 bits per heavy atom. The van der Waals surface area contributed by atoms with E-state index in [1.807, 2.05) is 0 Å². The number of nitrogens with zero attached hydrogens (tertiary/aromatic N) is 1. The number of ether oxygens (including phenoxy) is 2. The number of unbranched alkanes of at least 4 members (excludes halogenated alkanes) is 18. The lowest BCUT2D eigenvalue weighted by atomic mass is 9.59. The van der Waals surface area contributed by atoms with Crippen LogP contribution in [0.15, 0.2) is 48.6 Å². The molecule has 0 unspecified atom stereocenters. The Balaban J connectivity index is 1.22. The van der Waals surface area contributed by atoms with Gasteiger partial charge in [-0.05, 0) is 89.5 Å². The van der Waals surface area contributed by atoms with Crippen molar-refractivity contribution in [1.82, 2.24) is 4.90 Å². The van der Waals surface area contributed by atoms with Crippen molar-refractivity contribution in [3.63, 3.8) is 0 Å². The van der Waals surface area contributed by atoms with Crippen molar-refractivity contribution >= 4 is 0 Å². The van der Waals surface area contributed by atoms with Gasteiger partial charge in [0.1, 0.15) is 12.2 Å². The number of likely N-dealkylation sites (N-methyl/N-ethyl adjacent to an activating group) is 1. The van der Waals surface area contributed by atoms with Crippen molar-refractivity contribution in [2.24, 2.45) is 5.41 Å². The quantitative estimate of drug-likeness (QED) is 0.0563. The van der Waals surface area contributed by atoms with Crippen LogP contribution in [0.2, 0.25) is 0 Å². The molecule has 0 N–H and O–H groups in total. The molecule has 0 bridgehead atoms. The normalized spacial score (nSPS) is 26.0. The molecule has 3 rings (SSSR count). The molecule has 48 heavy (non-hydrogen) atoms. The first-order chi connectivity index (χ1) is 23.6. The van der Waals surface area contributed by atoms with Gasteiger partial charge in [-0.3, -0.25) is 0 Å². The fourth-order valence-corrected chi connectivity index (χ4v) is 8.44. The van der Waals surface area contributed by atoms with Crippen LogP contribution < -0.4 is 0 Å². The highest BCUT2D eigenvalue weighted by atomic mass is 16.8. The van der Waals surface area contributed by atoms with Crippen molar-refractivity contribution in [2.45, 2.75) is 212 Å². The van der Waals surface area contributed by atoms with Gasteiger partial charge in [0.15, 0.2) is 5.79 Å². The lowest BCUT2D eigenvalue weighted by molar-refractivity contribution is -0.281. The van der Waals surface area contributed by atoms with E-state index in [-0.39, 0.29) is 5.79 Å². The Hall–Kier alpha value is -1.16. The molecule has 2 saturated heterocycles. The van der Waals surface area contributed by atoms with Crippen LogP contribution in [0.1, 0.15) is 194 Å². The van der Waals surface area contributed by atoms with Gasteiger partial charge in [0, 0.05) is 25.9 Å². The zero-order valence-electron chi connectivity index (χ0n) is 32.3. The maximum atomic E-state index is 6.62. The zero-order chi connectivity index (χ0) is 34.0. The molecule has 0 radical (unpaired) electrons. The summed E-state index contributed by atoms with van der Waals surface area (Å²) in [5, 5.41) is 0. The van der Waals surface area contributed by atoms with E-state index >= 15 is 0 Å². The number of hydrogen-bond donors (Lipinski definition) is 0. The molecule has 3 heteroatoms. The summed E-state index contributed by atoms with van der Waals surface area (Å²) in [5.74, 6) is -0.243. The van der Waals surface area contributed by atoms with Gasteiger partial charge in [-0.25, -0.2) is 0 Å². The molecule has 3 nitrogen and oxygen atoms in total. The highest BCUT2D eigenvalue weighted by Crippen LogP contribution is 2.60. The predicted molar refractivity (Wildman–Crippen MR) is 210 cm³/mol. The second kappa shape index (κ2) is 25.7. The van der Waals surface area contributed by atoms with E-state index in [4.69, 9.17) is 9.47 Å². The van der Waals surface area contributed by atoms with Crippen molar-refractivity contribution < 1.29 is 9.47 Å². The standard InChI is InChI=1S/C45H79NO2/c1-4-6-8-10-12-14-16-18-20-22-24-26-28-30-32-34-36-44(40-45(41-44)47-42-38-46(3)39-43(42)48-45)37-35-33-31-29-27-25-23-21-19-17-15-13-11-9-7-5-2/h12-15,18-21,42-43H,4-11,16-17,22-41H2,1-3H3/t42-,43-/m0/s1. The lowest BCUT2D eigenvalue weighted by Gasteiger charge is -2.54. The Bertz CT molecular complexity index is 831. The first-order valence-corrected chi connectivity index (χ1v) is 21.2. The molecule has 0 aromatic carbocycles. The van der Waals surface area contributed by atoms with Crippen molar-refractivity contribution in [3.05, 3.63) is 48.6 Å². The van der Waals surface area contributed by atoms with Crippen LogP contribution in [0.25, 0.3) is 0 Å². The predicted octanol–water partition coefficient (Wildman–Crippen LogP) is 13.6. The fourth-order valence-electron chi connectivity index (χ4n) is 8.44. The van der Waals surface area contributed by atoms with Crippen molar-refractivity contribution in [2.75, 3.05) is 20.1 Å². The largest absolute Gasteiger partial charge is 0.343 e. The van der Waals surface area contributed by atoms with Crippen LogP contribution in [0.4, 0.5) is 0 Å².